The predicted molar refractivity (Wildman–Crippen MR) is 77.9 cm³/mol. The van der Waals surface area contributed by atoms with Gasteiger partial charge in [0.2, 0.25) is 0 Å². The lowest BCUT2D eigenvalue weighted by Crippen LogP contribution is -2.31. The van der Waals surface area contributed by atoms with E-state index in [2.05, 4.69) is 37.4 Å². The summed E-state index contributed by atoms with van der Waals surface area (Å²) in [5.41, 5.74) is 1.39. The third-order valence-corrected chi connectivity index (χ3v) is 4.40. The van der Waals surface area contributed by atoms with E-state index in [4.69, 9.17) is 0 Å². The van der Waals surface area contributed by atoms with E-state index < -0.39 is 0 Å². The maximum atomic E-state index is 14.0. The van der Waals surface area contributed by atoms with Crippen LogP contribution in [0.3, 0.4) is 0 Å². The lowest BCUT2D eigenvalue weighted by molar-refractivity contribution is 0.222. The van der Waals surface area contributed by atoms with Gasteiger partial charge in [-0.3, -0.25) is 0 Å². The third kappa shape index (κ3) is 2.30. The molecule has 1 aliphatic heterocycles. The van der Waals surface area contributed by atoms with E-state index in [1.807, 2.05) is 13.0 Å². The average Bonchev–Trinajstić information content (AvgIpc) is 2.67. The van der Waals surface area contributed by atoms with Crippen molar-refractivity contribution in [2.75, 3.05) is 20.1 Å². The van der Waals surface area contributed by atoms with Crippen LogP contribution in [0.2, 0.25) is 0 Å². The van der Waals surface area contributed by atoms with Crippen molar-refractivity contribution in [3.8, 4) is 0 Å². The predicted octanol–water partition coefficient (Wildman–Crippen LogP) is 3.51. The fraction of sp³-hybridized carbons (Fsp3) is 0.500. The standard InChI is InChI=1S/C14H17BrFN3/c1-9-17-14-12(16)7-10(15)8-13(14)19(9)11-3-5-18(2)6-4-11/h7-8,11H,3-6H2,1-2H3. The molecule has 0 amide bonds. The Bertz CT molecular complexity index is 615. The van der Waals surface area contributed by atoms with Crippen LogP contribution in [0.5, 0.6) is 0 Å². The maximum Gasteiger partial charge on any atom is 0.152 e. The molecule has 0 N–H and O–H groups in total. The van der Waals surface area contributed by atoms with E-state index in [1.54, 1.807) is 0 Å². The molecule has 5 heteroatoms. The van der Waals surface area contributed by atoms with E-state index in [0.29, 0.717) is 11.6 Å². The largest absolute Gasteiger partial charge is 0.325 e. The number of nitrogens with zero attached hydrogens (tertiary/aromatic N) is 3. The molecule has 3 rings (SSSR count). The van der Waals surface area contributed by atoms with Gasteiger partial charge < -0.3 is 9.47 Å². The lowest BCUT2D eigenvalue weighted by atomic mass is 10.0. The highest BCUT2D eigenvalue weighted by Gasteiger charge is 2.23. The van der Waals surface area contributed by atoms with Gasteiger partial charge in [-0.2, -0.15) is 0 Å². The molecule has 0 unspecified atom stereocenters. The molecule has 3 nitrogen and oxygen atoms in total. The Hall–Kier alpha value is -0.940. The van der Waals surface area contributed by atoms with E-state index in [0.717, 1.165) is 41.7 Å². The van der Waals surface area contributed by atoms with Gasteiger partial charge in [0.05, 0.1) is 5.52 Å². The van der Waals surface area contributed by atoms with Gasteiger partial charge in [-0.1, -0.05) is 15.9 Å². The number of benzene rings is 1. The Morgan fingerprint density at radius 2 is 2.00 bits per heavy atom. The Morgan fingerprint density at radius 3 is 2.68 bits per heavy atom. The van der Waals surface area contributed by atoms with Gasteiger partial charge in [0.1, 0.15) is 11.3 Å². The molecule has 19 heavy (non-hydrogen) atoms. The van der Waals surface area contributed by atoms with Gasteiger partial charge in [0.25, 0.3) is 0 Å². The molecule has 2 heterocycles. The molecule has 1 aliphatic rings. The van der Waals surface area contributed by atoms with E-state index in [-0.39, 0.29) is 5.82 Å². The van der Waals surface area contributed by atoms with Crippen molar-refractivity contribution in [1.82, 2.24) is 14.5 Å². The molecule has 0 radical (unpaired) electrons. The van der Waals surface area contributed by atoms with Gasteiger partial charge in [-0.05, 0) is 52.0 Å². The monoisotopic (exact) mass is 325 g/mol. The van der Waals surface area contributed by atoms with Crippen LogP contribution in [0.1, 0.15) is 24.7 Å². The number of hydrogen-bond acceptors (Lipinski definition) is 2. The minimum Gasteiger partial charge on any atom is -0.325 e. The van der Waals surface area contributed by atoms with Gasteiger partial charge in [0, 0.05) is 10.5 Å². The van der Waals surface area contributed by atoms with Crippen LogP contribution in [0, 0.1) is 12.7 Å². The van der Waals surface area contributed by atoms with Crippen molar-refractivity contribution in [2.24, 2.45) is 0 Å². The number of piperidine rings is 1. The maximum absolute atomic E-state index is 14.0. The molecule has 0 aliphatic carbocycles. The van der Waals surface area contributed by atoms with E-state index >= 15 is 0 Å². The second-order valence-corrected chi connectivity index (χ2v) is 6.23. The van der Waals surface area contributed by atoms with Crippen LogP contribution in [0.25, 0.3) is 11.0 Å². The molecular formula is C14H17BrFN3. The van der Waals surface area contributed by atoms with Crippen LogP contribution < -0.4 is 0 Å². The zero-order chi connectivity index (χ0) is 13.6. The number of fused-ring (bicyclic) bond motifs is 1. The van der Waals surface area contributed by atoms with Crippen molar-refractivity contribution in [2.45, 2.75) is 25.8 Å². The SMILES string of the molecule is Cc1nc2c(F)cc(Br)cc2n1C1CCN(C)CC1. The number of aromatic nitrogens is 2. The highest BCUT2D eigenvalue weighted by Crippen LogP contribution is 2.31. The summed E-state index contributed by atoms with van der Waals surface area (Å²) >= 11 is 3.37. The minimum absolute atomic E-state index is 0.251. The van der Waals surface area contributed by atoms with Crippen LogP contribution in [0.4, 0.5) is 4.39 Å². The molecule has 1 aromatic heterocycles. The Labute approximate surface area is 120 Å². The summed E-state index contributed by atoms with van der Waals surface area (Å²) in [5, 5.41) is 0. The Morgan fingerprint density at radius 1 is 1.32 bits per heavy atom. The molecule has 1 aromatic carbocycles. The van der Waals surface area contributed by atoms with Crippen molar-refractivity contribution < 1.29 is 4.39 Å². The molecule has 0 atom stereocenters. The summed E-state index contributed by atoms with van der Waals surface area (Å²) in [5.74, 6) is 0.653. The number of aryl methyl sites for hydroxylation is 1. The molecule has 2 aromatic rings. The molecule has 0 bridgehead atoms. The highest BCUT2D eigenvalue weighted by atomic mass is 79.9. The summed E-state index contributed by atoms with van der Waals surface area (Å²) in [6.07, 6.45) is 2.19. The van der Waals surface area contributed by atoms with Gasteiger partial charge in [0.15, 0.2) is 5.82 Å². The first-order valence-electron chi connectivity index (χ1n) is 6.58. The summed E-state index contributed by atoms with van der Waals surface area (Å²) in [6, 6.07) is 3.87. The van der Waals surface area contributed by atoms with Crippen LogP contribution in [-0.4, -0.2) is 34.6 Å². The molecule has 1 saturated heterocycles. The first kappa shape index (κ1) is 13.1. The van der Waals surface area contributed by atoms with Crippen molar-refractivity contribution in [1.29, 1.82) is 0 Å². The average molecular weight is 326 g/mol. The second kappa shape index (κ2) is 4.87. The van der Waals surface area contributed by atoms with Crippen LogP contribution in [-0.2, 0) is 0 Å². The normalized spacial score (nSPS) is 18.3. The molecule has 0 saturated carbocycles. The topological polar surface area (TPSA) is 21.1 Å². The number of hydrogen-bond donors (Lipinski definition) is 0. The Kier molecular flexibility index (Phi) is 3.35. The number of halogens is 2. The quantitative estimate of drug-likeness (QED) is 0.800. The minimum atomic E-state index is -0.251. The van der Waals surface area contributed by atoms with Crippen molar-refractivity contribution in [3.63, 3.8) is 0 Å². The summed E-state index contributed by atoms with van der Waals surface area (Å²) in [4.78, 5) is 6.74. The van der Waals surface area contributed by atoms with Gasteiger partial charge >= 0.3 is 0 Å². The second-order valence-electron chi connectivity index (χ2n) is 5.32. The van der Waals surface area contributed by atoms with Gasteiger partial charge in [-0.25, -0.2) is 9.37 Å². The summed E-state index contributed by atoms with van der Waals surface area (Å²) in [7, 11) is 2.14. The molecule has 0 spiro atoms. The zero-order valence-corrected chi connectivity index (χ0v) is 12.7. The highest BCUT2D eigenvalue weighted by molar-refractivity contribution is 9.10. The number of rotatable bonds is 1. The van der Waals surface area contributed by atoms with E-state index in [1.165, 1.54) is 6.07 Å². The number of likely N-dealkylation sites (tertiary alicyclic amines) is 1. The van der Waals surface area contributed by atoms with Crippen LogP contribution >= 0.6 is 15.9 Å². The fourth-order valence-electron chi connectivity index (χ4n) is 2.95. The molecule has 1 fully saturated rings. The third-order valence-electron chi connectivity index (χ3n) is 3.94. The summed E-state index contributed by atoms with van der Waals surface area (Å²) < 4.78 is 16.9. The first-order chi connectivity index (χ1) is 9.06. The molecular weight excluding hydrogens is 309 g/mol. The molecule has 102 valence electrons. The van der Waals surface area contributed by atoms with Crippen molar-refractivity contribution in [3.05, 3.63) is 28.2 Å². The fourth-order valence-corrected chi connectivity index (χ4v) is 3.37. The van der Waals surface area contributed by atoms with E-state index in [9.17, 15) is 4.39 Å². The lowest BCUT2D eigenvalue weighted by Gasteiger charge is -2.30. The zero-order valence-electron chi connectivity index (χ0n) is 11.2. The smallest absolute Gasteiger partial charge is 0.152 e. The van der Waals surface area contributed by atoms with Gasteiger partial charge in [-0.15, -0.1) is 0 Å². The first-order valence-corrected chi connectivity index (χ1v) is 7.37. The van der Waals surface area contributed by atoms with Crippen molar-refractivity contribution >= 4 is 27.0 Å². The summed E-state index contributed by atoms with van der Waals surface area (Å²) in [6.45, 7) is 4.13. The number of imidazole rings is 1. The van der Waals surface area contributed by atoms with Crippen LogP contribution in [0.15, 0.2) is 16.6 Å². The Balaban J connectivity index is 2.10.